The summed E-state index contributed by atoms with van der Waals surface area (Å²) in [5.41, 5.74) is 0. The van der Waals surface area contributed by atoms with Gasteiger partial charge in [0.15, 0.2) is 0 Å². The van der Waals surface area contributed by atoms with E-state index in [1.807, 2.05) is 0 Å². The van der Waals surface area contributed by atoms with Crippen LogP contribution in [0.5, 0.6) is 0 Å². The van der Waals surface area contributed by atoms with Crippen LogP contribution in [0.4, 0.5) is 0 Å². The average molecular weight is 328 g/mol. The smallest absolute Gasteiger partial charge is 0.790 e. The fourth-order valence-electron chi connectivity index (χ4n) is 0. The zero-order chi connectivity index (χ0) is 13.5. The molecule has 0 rings (SSSR count). The quantitative estimate of drug-likeness (QED) is 0.148. The average Bonchev–Trinajstić information content (AvgIpc) is 1.41. The van der Waals surface area contributed by atoms with E-state index in [2.05, 4.69) is 0 Å². The molecule has 9 N–H and O–H groups in total. The van der Waals surface area contributed by atoms with Gasteiger partial charge < -0.3 is 57.6 Å². The van der Waals surface area contributed by atoms with Crippen molar-refractivity contribution in [3.63, 3.8) is 0 Å². The van der Waals surface area contributed by atoms with E-state index in [1.165, 1.54) is 0 Å². The summed E-state index contributed by atoms with van der Waals surface area (Å²) >= 11 is 0. The number of rotatable bonds is 0. The molecule has 0 aliphatic heterocycles. The first-order chi connectivity index (χ1) is 6.00. The molecule has 0 aromatic rings. The van der Waals surface area contributed by atoms with Gasteiger partial charge in [-0.25, -0.2) is 0 Å². The summed E-state index contributed by atoms with van der Waals surface area (Å²) in [7, 11) is -14.4. The summed E-state index contributed by atoms with van der Waals surface area (Å²) in [6.07, 6.45) is 0. The summed E-state index contributed by atoms with van der Waals surface area (Å²) in [5, 5.41) is 0. The second kappa shape index (κ2) is 10.4. The predicted octanol–water partition coefficient (Wildman–Crippen LogP) is -7.79. The zero-order valence-corrected chi connectivity index (χ0v) is 12.5. The molecule has 0 aliphatic carbocycles. The maximum atomic E-state index is 8.66. The van der Waals surface area contributed by atoms with Gasteiger partial charge in [0.2, 0.25) is 0 Å². The molecular formula is H9CaO12PSi2. The molecule has 16 heteroatoms. The number of phosphoric acid groups is 1. The van der Waals surface area contributed by atoms with Gasteiger partial charge in [0.05, 0.1) is 7.82 Å². The molecule has 0 saturated carbocycles. The van der Waals surface area contributed by atoms with E-state index in [9.17, 15) is 0 Å². The summed E-state index contributed by atoms with van der Waals surface area (Å²) in [6.45, 7) is 0. The van der Waals surface area contributed by atoms with Gasteiger partial charge in [-0.05, 0) is 0 Å². The van der Waals surface area contributed by atoms with Crippen LogP contribution in [-0.2, 0) is 4.57 Å². The maximum Gasteiger partial charge on any atom is 2.00 e. The minimum Gasteiger partial charge on any atom is -0.790 e. The van der Waals surface area contributed by atoms with Crippen LogP contribution in [0.3, 0.4) is 0 Å². The molecule has 0 aromatic carbocycles. The molecule has 0 atom stereocenters. The van der Waals surface area contributed by atoms with E-state index in [-0.39, 0.29) is 37.7 Å². The van der Waals surface area contributed by atoms with Crippen molar-refractivity contribution in [2.24, 2.45) is 0 Å². The summed E-state index contributed by atoms with van der Waals surface area (Å²) < 4.78 is 8.66. The Morgan fingerprint density at radius 1 is 0.750 bits per heavy atom. The van der Waals surface area contributed by atoms with Gasteiger partial charge in [0.25, 0.3) is 0 Å². The van der Waals surface area contributed by atoms with E-state index >= 15 is 0 Å². The molecule has 96 valence electrons. The first-order valence-electron chi connectivity index (χ1n) is 2.54. The molecule has 0 heterocycles. The van der Waals surface area contributed by atoms with Crippen molar-refractivity contribution < 1.29 is 57.6 Å². The largest absolute Gasteiger partial charge is 2.00 e. The molecule has 0 aromatic heterocycles. The zero-order valence-electron chi connectivity index (χ0n) is 7.40. The molecule has 0 unspecified atom stereocenters. The number of hydrogen-bond donors (Lipinski definition) is 9. The molecule has 0 saturated heterocycles. The van der Waals surface area contributed by atoms with Gasteiger partial charge in [-0.15, -0.1) is 0 Å². The Kier molecular flexibility index (Phi) is 17.0. The summed E-state index contributed by atoms with van der Waals surface area (Å²) in [4.78, 5) is 82.9. The van der Waals surface area contributed by atoms with Crippen molar-refractivity contribution in [1.82, 2.24) is 0 Å². The Morgan fingerprint density at radius 3 is 0.750 bits per heavy atom. The van der Waals surface area contributed by atoms with Crippen molar-refractivity contribution in [1.29, 1.82) is 0 Å². The van der Waals surface area contributed by atoms with E-state index < -0.39 is 25.9 Å². The fraction of sp³-hybridized carbons (Fsp3) is 0. The third kappa shape index (κ3) is 1480. The molecule has 0 radical (unpaired) electrons. The van der Waals surface area contributed by atoms with Gasteiger partial charge in [0.1, 0.15) is 0 Å². The van der Waals surface area contributed by atoms with E-state index in [0.29, 0.717) is 0 Å². The Bertz CT molecular complexity index is 152. The molecule has 0 aliphatic rings. The van der Waals surface area contributed by atoms with Crippen LogP contribution in [0, 0.1) is 0 Å². The van der Waals surface area contributed by atoms with Crippen LogP contribution in [-0.4, -0.2) is 99.1 Å². The van der Waals surface area contributed by atoms with Crippen molar-refractivity contribution in [2.75, 3.05) is 0 Å². The minimum absolute atomic E-state index is 0. The van der Waals surface area contributed by atoms with E-state index in [1.54, 1.807) is 0 Å². The maximum absolute atomic E-state index is 8.66. The molecule has 0 bridgehead atoms. The SMILES string of the molecule is O=P([O-])([O-])O.O[Si](O)(O)O.O[Si](O)(O)O.[Ca+2]. The summed E-state index contributed by atoms with van der Waals surface area (Å²) in [6, 6.07) is 0. The standard InChI is InChI=1S/Ca.H3O4P.2H4O4Si/c;3*1-5(2,3)4/h;(H3,1,2,3,4);2*1-4H/q+2;;;/p-2. The third-order valence-corrected chi connectivity index (χ3v) is 0. The molecule has 0 amide bonds. The van der Waals surface area contributed by atoms with E-state index in [4.69, 9.17) is 57.6 Å². The van der Waals surface area contributed by atoms with Gasteiger partial charge in [-0.3, -0.25) is 0 Å². The molecule has 0 fully saturated rings. The van der Waals surface area contributed by atoms with Crippen LogP contribution < -0.4 is 9.79 Å². The van der Waals surface area contributed by atoms with Crippen molar-refractivity contribution >= 4 is 63.7 Å². The van der Waals surface area contributed by atoms with Crippen LogP contribution in [0.1, 0.15) is 0 Å². The van der Waals surface area contributed by atoms with Crippen LogP contribution in [0.25, 0.3) is 0 Å². The Morgan fingerprint density at radius 2 is 0.750 bits per heavy atom. The first-order valence-corrected chi connectivity index (χ1v) is 7.61. The van der Waals surface area contributed by atoms with Crippen molar-refractivity contribution in [2.45, 2.75) is 0 Å². The predicted molar refractivity (Wildman–Crippen MR) is 44.8 cm³/mol. The molecule has 12 nitrogen and oxygen atoms in total. The molecule has 16 heavy (non-hydrogen) atoms. The third-order valence-electron chi connectivity index (χ3n) is 0. The topological polar surface area (TPSA) is 245 Å². The Balaban J connectivity index is -0.0000000655. The minimum atomic E-state index is -5.14. The van der Waals surface area contributed by atoms with Crippen molar-refractivity contribution in [3.8, 4) is 0 Å². The van der Waals surface area contributed by atoms with Crippen molar-refractivity contribution in [3.05, 3.63) is 0 Å². The van der Waals surface area contributed by atoms with Gasteiger partial charge in [-0.2, -0.15) is 0 Å². The molecular weight excluding hydrogens is 319 g/mol. The molecule has 0 spiro atoms. The summed E-state index contributed by atoms with van der Waals surface area (Å²) in [5.74, 6) is 0. The second-order valence-corrected chi connectivity index (χ2v) is 5.01. The Hall–Kier alpha value is 1.48. The Labute approximate surface area is 121 Å². The van der Waals surface area contributed by atoms with Gasteiger partial charge in [0, 0.05) is 0 Å². The first kappa shape index (κ1) is 26.1. The monoisotopic (exact) mass is 328 g/mol. The van der Waals surface area contributed by atoms with Crippen LogP contribution >= 0.6 is 7.82 Å². The number of hydrogen-bond acceptors (Lipinski definition) is 11. The van der Waals surface area contributed by atoms with Crippen LogP contribution in [0.15, 0.2) is 0 Å². The second-order valence-electron chi connectivity index (χ2n) is 1.67. The normalized spacial score (nSPS) is 11.2. The van der Waals surface area contributed by atoms with Gasteiger partial charge >= 0.3 is 55.8 Å². The van der Waals surface area contributed by atoms with Crippen LogP contribution in [0.2, 0.25) is 0 Å². The van der Waals surface area contributed by atoms with Gasteiger partial charge in [-0.1, -0.05) is 0 Å². The van der Waals surface area contributed by atoms with E-state index in [0.717, 1.165) is 0 Å². The fourth-order valence-corrected chi connectivity index (χ4v) is 0.